The number of hydrogen-bond acceptors (Lipinski definition) is 1. The number of alkyl halides is 3. The third-order valence-corrected chi connectivity index (χ3v) is 7.67. The van der Waals surface area contributed by atoms with Crippen LogP contribution in [0, 0.1) is 0 Å². The monoisotopic (exact) mass is 565 g/mol. The highest BCUT2D eigenvalue weighted by Gasteiger charge is 2.34. The zero-order valence-corrected chi connectivity index (χ0v) is 25.4. The van der Waals surface area contributed by atoms with Crippen LogP contribution in [0.2, 0.25) is 0 Å². The molecule has 0 saturated carbocycles. The number of hydrogen-bond donors (Lipinski definition) is 0. The summed E-state index contributed by atoms with van der Waals surface area (Å²) in [4.78, 5) is 2.40. The lowest BCUT2D eigenvalue weighted by Crippen LogP contribution is -2.25. The summed E-state index contributed by atoms with van der Waals surface area (Å²) in [6.45, 7) is 12.7. The molecule has 0 spiro atoms. The first-order valence-corrected chi connectivity index (χ1v) is 15.6. The van der Waals surface area contributed by atoms with Crippen LogP contribution in [0.3, 0.4) is 0 Å². The molecule has 0 unspecified atom stereocenters. The maximum absolute atomic E-state index is 14.2. The average molecular weight is 566 g/mol. The van der Waals surface area contributed by atoms with Gasteiger partial charge in [-0.05, 0) is 65.5 Å². The van der Waals surface area contributed by atoms with E-state index in [1.54, 1.807) is 12.1 Å². The molecule has 1 aliphatic rings. The van der Waals surface area contributed by atoms with Crippen LogP contribution in [-0.2, 0) is 6.18 Å². The lowest BCUT2D eigenvalue weighted by Gasteiger charge is -2.25. The van der Waals surface area contributed by atoms with Crippen LogP contribution in [-0.4, -0.2) is 36.5 Å². The number of benzene rings is 2. The second-order valence-electron chi connectivity index (χ2n) is 10.9. The Labute approximate surface area is 246 Å². The summed E-state index contributed by atoms with van der Waals surface area (Å²) in [6, 6.07) is 14.1. The Morgan fingerprint density at radius 3 is 1.73 bits per heavy atom. The standard InChI is InChI=1S/C36H48F3N2/c1-5-9-25-40(26-10-6-2)31-21-17-29(18-22-31)35(33-15-13-14-16-34(33)36(37,38)39)30-19-23-32(24-20-30)41(27-11-7-3)28-12-8-4/h13-24H,5-12,25-28H2,1-4H3/q+1. The molecule has 2 nitrogen and oxygen atoms in total. The molecule has 0 aliphatic heterocycles. The van der Waals surface area contributed by atoms with E-state index in [-0.39, 0.29) is 5.56 Å². The molecule has 0 N–H and O–H groups in total. The van der Waals surface area contributed by atoms with Crippen LogP contribution in [0.15, 0.2) is 78.4 Å². The van der Waals surface area contributed by atoms with Gasteiger partial charge in [-0.3, -0.25) is 0 Å². The highest BCUT2D eigenvalue weighted by Crippen LogP contribution is 2.39. The largest absolute Gasteiger partial charge is 0.417 e. The van der Waals surface area contributed by atoms with Crippen molar-refractivity contribution in [1.82, 2.24) is 0 Å². The van der Waals surface area contributed by atoms with Gasteiger partial charge >= 0.3 is 6.18 Å². The molecule has 0 radical (unpaired) electrons. The number of nitrogens with zero attached hydrogens (tertiary/aromatic N) is 2. The van der Waals surface area contributed by atoms with Crippen molar-refractivity contribution in [3.05, 3.63) is 95.1 Å². The third kappa shape index (κ3) is 9.21. The second-order valence-corrected chi connectivity index (χ2v) is 10.9. The molecule has 0 fully saturated rings. The van der Waals surface area contributed by atoms with E-state index >= 15 is 0 Å². The molecule has 1 aliphatic carbocycles. The van der Waals surface area contributed by atoms with Crippen molar-refractivity contribution in [3.63, 3.8) is 0 Å². The third-order valence-electron chi connectivity index (χ3n) is 7.67. The van der Waals surface area contributed by atoms with Gasteiger partial charge in [0.15, 0.2) is 5.71 Å². The first-order valence-electron chi connectivity index (χ1n) is 15.6. The van der Waals surface area contributed by atoms with E-state index in [2.05, 4.69) is 61.5 Å². The first-order chi connectivity index (χ1) is 19.8. The van der Waals surface area contributed by atoms with Crippen molar-refractivity contribution >= 4 is 17.0 Å². The summed E-state index contributed by atoms with van der Waals surface area (Å²) >= 11 is 0. The predicted molar refractivity (Wildman–Crippen MR) is 169 cm³/mol. The molecule has 3 rings (SSSR count). The smallest absolute Gasteiger partial charge is 0.372 e. The molecule has 222 valence electrons. The second kappa shape index (κ2) is 16.4. The van der Waals surface area contributed by atoms with E-state index in [1.165, 1.54) is 12.1 Å². The molecule has 5 heteroatoms. The minimum Gasteiger partial charge on any atom is -0.372 e. The van der Waals surface area contributed by atoms with Crippen molar-refractivity contribution in [3.8, 4) is 0 Å². The number of allylic oxidation sites excluding steroid dienone is 5. The molecule has 0 aromatic heterocycles. The van der Waals surface area contributed by atoms with Gasteiger partial charge in [-0.15, -0.1) is 0 Å². The summed E-state index contributed by atoms with van der Waals surface area (Å²) in [7, 11) is 0. The van der Waals surface area contributed by atoms with E-state index in [0.29, 0.717) is 5.57 Å². The molecule has 0 atom stereocenters. The topological polar surface area (TPSA) is 6.25 Å². The molecule has 0 heterocycles. The van der Waals surface area contributed by atoms with Gasteiger partial charge < -0.3 is 4.90 Å². The molecular formula is C36H48F3N2+. The quantitative estimate of drug-likeness (QED) is 0.195. The number of anilines is 1. The van der Waals surface area contributed by atoms with Crippen molar-refractivity contribution in [1.29, 1.82) is 0 Å². The van der Waals surface area contributed by atoms with Crippen LogP contribution in [0.4, 0.5) is 18.9 Å². The van der Waals surface area contributed by atoms with Crippen molar-refractivity contribution < 1.29 is 17.7 Å². The Morgan fingerprint density at radius 2 is 1.22 bits per heavy atom. The summed E-state index contributed by atoms with van der Waals surface area (Å²) in [5.74, 6) is 0. The fraction of sp³-hybridized carbons (Fsp3) is 0.472. The molecule has 0 amide bonds. The van der Waals surface area contributed by atoms with Gasteiger partial charge in [0.1, 0.15) is 13.1 Å². The van der Waals surface area contributed by atoms with E-state index in [0.717, 1.165) is 100 Å². The number of halogens is 3. The van der Waals surface area contributed by atoms with Crippen LogP contribution < -0.4 is 4.90 Å². The van der Waals surface area contributed by atoms with Crippen LogP contribution in [0.25, 0.3) is 5.57 Å². The average Bonchev–Trinajstić information content (AvgIpc) is 2.98. The highest BCUT2D eigenvalue weighted by molar-refractivity contribution is 6.04. The molecular weight excluding hydrogens is 517 g/mol. The predicted octanol–water partition coefficient (Wildman–Crippen LogP) is 10.1. The zero-order chi connectivity index (χ0) is 29.7. The van der Waals surface area contributed by atoms with Gasteiger partial charge in [0.05, 0.1) is 5.56 Å². The maximum Gasteiger partial charge on any atom is 0.417 e. The molecule has 2 aromatic rings. The molecule has 2 aromatic carbocycles. The first kappa shape index (κ1) is 32.4. The van der Waals surface area contributed by atoms with Crippen molar-refractivity contribution in [2.75, 3.05) is 31.1 Å². The summed E-state index contributed by atoms with van der Waals surface area (Å²) in [6.07, 6.45) is 12.6. The maximum atomic E-state index is 14.2. The van der Waals surface area contributed by atoms with Crippen LogP contribution in [0.1, 0.15) is 95.8 Å². The fourth-order valence-electron chi connectivity index (χ4n) is 5.24. The van der Waals surface area contributed by atoms with Gasteiger partial charge in [-0.1, -0.05) is 83.7 Å². The van der Waals surface area contributed by atoms with Gasteiger partial charge in [0.2, 0.25) is 0 Å². The Kier molecular flexibility index (Phi) is 13.0. The summed E-state index contributed by atoms with van der Waals surface area (Å²) < 4.78 is 45.1. The summed E-state index contributed by atoms with van der Waals surface area (Å²) in [5.41, 5.74) is 4.04. The highest BCUT2D eigenvalue weighted by atomic mass is 19.4. The Hall–Kier alpha value is -3.08. The molecule has 0 saturated heterocycles. The van der Waals surface area contributed by atoms with Crippen LogP contribution >= 0.6 is 0 Å². The van der Waals surface area contributed by atoms with Crippen LogP contribution in [0.5, 0.6) is 0 Å². The Balaban J connectivity index is 2.11. The molecule has 41 heavy (non-hydrogen) atoms. The lowest BCUT2D eigenvalue weighted by molar-refractivity contribution is -0.527. The van der Waals surface area contributed by atoms with E-state index in [1.807, 2.05) is 24.3 Å². The number of rotatable bonds is 15. The van der Waals surface area contributed by atoms with E-state index in [9.17, 15) is 13.2 Å². The van der Waals surface area contributed by atoms with Gasteiger partial charge in [0.25, 0.3) is 0 Å². The lowest BCUT2D eigenvalue weighted by atomic mass is 9.88. The van der Waals surface area contributed by atoms with Gasteiger partial charge in [-0.25, -0.2) is 4.58 Å². The van der Waals surface area contributed by atoms with Crippen molar-refractivity contribution in [2.24, 2.45) is 0 Å². The minimum absolute atomic E-state index is 0.211. The zero-order valence-electron chi connectivity index (χ0n) is 25.4. The van der Waals surface area contributed by atoms with E-state index < -0.39 is 11.7 Å². The Bertz CT molecular complexity index is 1180. The van der Waals surface area contributed by atoms with Gasteiger partial charge in [-0.2, -0.15) is 13.2 Å². The SMILES string of the molecule is CCCCN(CCCC)c1ccc(C(=C2C=CC(=[N+](CCCC)CCCC)C=C2)c2ccccc2C(F)(F)F)cc1. The fourth-order valence-corrected chi connectivity index (χ4v) is 5.24. The van der Waals surface area contributed by atoms with Crippen molar-refractivity contribution in [2.45, 2.75) is 85.2 Å². The number of unbranched alkanes of at least 4 members (excludes halogenated alkanes) is 4. The minimum atomic E-state index is -4.45. The van der Waals surface area contributed by atoms with E-state index in [4.69, 9.17) is 0 Å². The molecule has 0 bridgehead atoms. The summed E-state index contributed by atoms with van der Waals surface area (Å²) in [5, 5.41) is 0. The van der Waals surface area contributed by atoms with Gasteiger partial charge in [0, 0.05) is 43.8 Å². The normalized spacial score (nSPS) is 13.1. The Morgan fingerprint density at radius 1 is 0.683 bits per heavy atom.